The highest BCUT2D eigenvalue weighted by molar-refractivity contribution is 5.79. The fourth-order valence-electron chi connectivity index (χ4n) is 3.81. The zero-order chi connectivity index (χ0) is 19.9. The minimum atomic E-state index is -0.0750. The maximum Gasteiger partial charge on any atom is 0.248 e. The van der Waals surface area contributed by atoms with Crippen molar-refractivity contribution in [2.75, 3.05) is 26.2 Å². The maximum atomic E-state index is 11.7. The van der Waals surface area contributed by atoms with Crippen molar-refractivity contribution in [2.45, 2.75) is 25.3 Å². The van der Waals surface area contributed by atoms with Gasteiger partial charge in [-0.1, -0.05) is 30.0 Å². The smallest absolute Gasteiger partial charge is 0.248 e. The molecule has 0 radical (unpaired) electrons. The second-order valence-corrected chi connectivity index (χ2v) is 7.46. The lowest BCUT2D eigenvalue weighted by Crippen LogP contribution is -2.43. The number of hydrogen-bond donors (Lipinski definition) is 2. The standard InChI is InChI=1S/C24H26N4O/c29-23-9-8-20-10-15-26-22(24(20)27-23)13-18-28-16-11-21(12-17-28)25-14-4-7-19-5-2-1-3-6-19/h1-3,5-6,8-10,15,21,25H,11-14,16-18H2,(H,27,29). The van der Waals surface area contributed by atoms with Gasteiger partial charge in [0.1, 0.15) is 0 Å². The molecule has 0 amide bonds. The number of piperidine rings is 1. The summed E-state index contributed by atoms with van der Waals surface area (Å²) in [7, 11) is 0. The predicted molar refractivity (Wildman–Crippen MR) is 117 cm³/mol. The van der Waals surface area contributed by atoms with Gasteiger partial charge in [-0.15, -0.1) is 0 Å². The highest BCUT2D eigenvalue weighted by Crippen LogP contribution is 2.15. The molecule has 4 rings (SSSR count). The molecule has 0 spiro atoms. The first-order valence-corrected chi connectivity index (χ1v) is 10.2. The van der Waals surface area contributed by atoms with Crippen molar-refractivity contribution in [2.24, 2.45) is 0 Å². The van der Waals surface area contributed by atoms with Crippen LogP contribution < -0.4 is 10.9 Å². The lowest BCUT2D eigenvalue weighted by Gasteiger charge is -2.32. The third-order valence-electron chi connectivity index (χ3n) is 5.46. The number of rotatable bonds is 5. The van der Waals surface area contributed by atoms with E-state index in [1.165, 1.54) is 0 Å². The SMILES string of the molecule is O=c1ccc2ccnc(CCN3CCC(NCC#Cc4ccccc4)CC3)c2[nH]1. The van der Waals surface area contributed by atoms with Crippen molar-refractivity contribution in [3.05, 3.63) is 76.3 Å². The number of nitrogens with zero attached hydrogens (tertiary/aromatic N) is 2. The highest BCUT2D eigenvalue weighted by Gasteiger charge is 2.18. The second-order valence-electron chi connectivity index (χ2n) is 7.46. The van der Waals surface area contributed by atoms with E-state index in [1.807, 2.05) is 48.7 Å². The van der Waals surface area contributed by atoms with Crippen molar-refractivity contribution < 1.29 is 0 Å². The van der Waals surface area contributed by atoms with E-state index < -0.39 is 0 Å². The summed E-state index contributed by atoms with van der Waals surface area (Å²) in [5.41, 5.74) is 2.83. The number of aromatic nitrogens is 2. The fourth-order valence-corrected chi connectivity index (χ4v) is 3.81. The number of nitrogens with one attached hydrogen (secondary N) is 2. The Labute approximate surface area is 171 Å². The van der Waals surface area contributed by atoms with E-state index in [0.717, 1.165) is 67.6 Å². The van der Waals surface area contributed by atoms with E-state index in [-0.39, 0.29) is 5.56 Å². The molecule has 2 N–H and O–H groups in total. The Kier molecular flexibility index (Phi) is 6.35. The normalized spacial score (nSPS) is 15.2. The van der Waals surface area contributed by atoms with E-state index in [4.69, 9.17) is 0 Å². The number of pyridine rings is 2. The average molecular weight is 386 g/mol. The molecule has 0 atom stereocenters. The third-order valence-corrected chi connectivity index (χ3v) is 5.46. The molecule has 5 heteroatoms. The molecule has 3 aromatic rings. The summed E-state index contributed by atoms with van der Waals surface area (Å²) in [6, 6.07) is 16.0. The van der Waals surface area contributed by atoms with Crippen molar-refractivity contribution in [1.82, 2.24) is 20.2 Å². The number of fused-ring (bicyclic) bond motifs is 1. The molecular weight excluding hydrogens is 360 g/mol. The molecule has 0 aliphatic carbocycles. The summed E-state index contributed by atoms with van der Waals surface area (Å²) >= 11 is 0. The Hall–Kier alpha value is -2.94. The van der Waals surface area contributed by atoms with Crippen LogP contribution in [0.3, 0.4) is 0 Å². The maximum absolute atomic E-state index is 11.7. The van der Waals surface area contributed by atoms with Gasteiger partial charge in [0.15, 0.2) is 0 Å². The van der Waals surface area contributed by atoms with Crippen LogP contribution in [0.5, 0.6) is 0 Å². The molecule has 148 valence electrons. The summed E-state index contributed by atoms with van der Waals surface area (Å²) in [6.45, 7) is 3.84. The van der Waals surface area contributed by atoms with E-state index in [1.54, 1.807) is 6.07 Å². The van der Waals surface area contributed by atoms with Crippen molar-refractivity contribution in [1.29, 1.82) is 0 Å². The number of likely N-dealkylation sites (tertiary alicyclic amines) is 1. The average Bonchev–Trinajstić information content (AvgIpc) is 2.77. The largest absolute Gasteiger partial charge is 0.320 e. The molecule has 2 aromatic heterocycles. The lowest BCUT2D eigenvalue weighted by atomic mass is 10.0. The summed E-state index contributed by atoms with van der Waals surface area (Å²) < 4.78 is 0. The van der Waals surface area contributed by atoms with E-state index in [2.05, 4.69) is 32.0 Å². The van der Waals surface area contributed by atoms with Gasteiger partial charge in [-0.05, 0) is 50.2 Å². The van der Waals surface area contributed by atoms with Crippen LogP contribution in [0.4, 0.5) is 0 Å². The van der Waals surface area contributed by atoms with E-state index in [0.29, 0.717) is 6.04 Å². The first-order valence-electron chi connectivity index (χ1n) is 10.2. The van der Waals surface area contributed by atoms with Crippen LogP contribution in [0.15, 0.2) is 59.5 Å². The molecule has 1 saturated heterocycles. The molecule has 1 fully saturated rings. The molecule has 1 aromatic carbocycles. The monoisotopic (exact) mass is 386 g/mol. The minimum Gasteiger partial charge on any atom is -0.320 e. The molecule has 0 bridgehead atoms. The van der Waals surface area contributed by atoms with Gasteiger partial charge in [0.25, 0.3) is 0 Å². The van der Waals surface area contributed by atoms with Crippen molar-refractivity contribution in [3.8, 4) is 11.8 Å². The lowest BCUT2D eigenvalue weighted by molar-refractivity contribution is 0.202. The topological polar surface area (TPSA) is 61.0 Å². The van der Waals surface area contributed by atoms with Crippen LogP contribution in [0.25, 0.3) is 10.9 Å². The third kappa shape index (κ3) is 5.32. The van der Waals surface area contributed by atoms with Crippen molar-refractivity contribution in [3.63, 3.8) is 0 Å². The fraction of sp³-hybridized carbons (Fsp3) is 0.333. The van der Waals surface area contributed by atoms with Crippen molar-refractivity contribution >= 4 is 10.9 Å². The van der Waals surface area contributed by atoms with Crippen LogP contribution in [-0.2, 0) is 6.42 Å². The molecular formula is C24H26N4O. The Balaban J connectivity index is 1.23. The zero-order valence-corrected chi connectivity index (χ0v) is 16.5. The van der Waals surface area contributed by atoms with Crippen LogP contribution >= 0.6 is 0 Å². The number of H-pyrrole nitrogens is 1. The number of benzene rings is 1. The first-order chi connectivity index (χ1) is 14.3. The number of hydrogen-bond acceptors (Lipinski definition) is 4. The summed E-state index contributed by atoms with van der Waals surface area (Å²) in [6.07, 6.45) is 4.93. The molecule has 1 aliphatic rings. The van der Waals surface area contributed by atoms with Gasteiger partial charge in [0.2, 0.25) is 5.56 Å². The molecule has 1 aliphatic heterocycles. The summed E-state index contributed by atoms with van der Waals surface area (Å²) in [4.78, 5) is 21.6. The van der Waals surface area contributed by atoms with Gasteiger partial charge in [-0.3, -0.25) is 9.78 Å². The summed E-state index contributed by atoms with van der Waals surface area (Å²) in [5, 5.41) is 4.60. The Morgan fingerprint density at radius 1 is 1.10 bits per heavy atom. The van der Waals surface area contributed by atoms with Gasteiger partial charge in [-0.2, -0.15) is 0 Å². The van der Waals surface area contributed by atoms with Gasteiger partial charge in [0.05, 0.1) is 17.8 Å². The van der Waals surface area contributed by atoms with Gasteiger partial charge < -0.3 is 15.2 Å². The Morgan fingerprint density at radius 2 is 1.93 bits per heavy atom. The van der Waals surface area contributed by atoms with E-state index >= 15 is 0 Å². The number of aromatic amines is 1. The Morgan fingerprint density at radius 3 is 2.76 bits per heavy atom. The second kappa shape index (κ2) is 9.51. The molecule has 3 heterocycles. The van der Waals surface area contributed by atoms with Crippen LogP contribution in [-0.4, -0.2) is 47.1 Å². The predicted octanol–water partition coefficient (Wildman–Crippen LogP) is 2.57. The molecule has 0 saturated carbocycles. The first kappa shape index (κ1) is 19.4. The quantitative estimate of drug-likeness (QED) is 0.662. The molecule has 5 nitrogen and oxygen atoms in total. The van der Waals surface area contributed by atoms with Gasteiger partial charge >= 0.3 is 0 Å². The van der Waals surface area contributed by atoms with Crippen LogP contribution in [0.1, 0.15) is 24.1 Å². The highest BCUT2D eigenvalue weighted by atomic mass is 16.1. The summed E-state index contributed by atoms with van der Waals surface area (Å²) in [5.74, 6) is 6.41. The zero-order valence-electron chi connectivity index (χ0n) is 16.5. The minimum absolute atomic E-state index is 0.0750. The van der Waals surface area contributed by atoms with Gasteiger partial charge in [-0.25, -0.2) is 0 Å². The molecule has 29 heavy (non-hydrogen) atoms. The Bertz CT molecular complexity index is 1060. The van der Waals surface area contributed by atoms with Crippen LogP contribution in [0.2, 0.25) is 0 Å². The van der Waals surface area contributed by atoms with Crippen LogP contribution in [0, 0.1) is 11.8 Å². The van der Waals surface area contributed by atoms with E-state index in [9.17, 15) is 4.79 Å². The molecule has 0 unspecified atom stereocenters. The van der Waals surface area contributed by atoms with Gasteiger partial charge in [0, 0.05) is 42.2 Å².